The van der Waals surface area contributed by atoms with Crippen LogP contribution < -0.4 is 5.46 Å². The Balaban J connectivity index is 1.15. The van der Waals surface area contributed by atoms with Crippen LogP contribution in [0.4, 0.5) is 0 Å². The van der Waals surface area contributed by atoms with Crippen LogP contribution in [0.5, 0.6) is 0 Å². The highest BCUT2D eigenvalue weighted by Crippen LogP contribution is 2.46. The first-order valence-electron chi connectivity index (χ1n) is 19.1. The number of hydrogen-bond acceptors (Lipinski definition) is 3. The molecule has 2 aromatic heterocycles. The number of benzene rings is 8. The molecule has 1 aliphatic heterocycles. The van der Waals surface area contributed by atoms with Gasteiger partial charge in [0.05, 0.1) is 22.2 Å². The largest absolute Gasteiger partial charge is 0.494 e. The fourth-order valence-corrected chi connectivity index (χ4v) is 9.89. The lowest BCUT2D eigenvalue weighted by molar-refractivity contribution is 0.00578. The quantitative estimate of drug-likeness (QED) is 0.133. The molecule has 1 aliphatic rings. The van der Waals surface area contributed by atoms with Gasteiger partial charge in [-0.2, -0.15) is 0 Å². The van der Waals surface area contributed by atoms with Crippen molar-refractivity contribution in [2.75, 3.05) is 0 Å². The van der Waals surface area contributed by atoms with Crippen molar-refractivity contribution in [2.45, 2.75) is 38.9 Å². The van der Waals surface area contributed by atoms with E-state index in [-0.39, 0.29) is 0 Å². The lowest BCUT2D eigenvalue weighted by Gasteiger charge is -2.32. The summed E-state index contributed by atoms with van der Waals surface area (Å²) >= 11 is 1.87. The molecule has 0 radical (unpaired) electrons. The van der Waals surface area contributed by atoms with Crippen LogP contribution in [0.3, 0.4) is 0 Å². The molecule has 0 saturated carbocycles. The van der Waals surface area contributed by atoms with E-state index in [0.717, 1.165) is 22.2 Å². The Bertz CT molecular complexity index is 3100. The van der Waals surface area contributed by atoms with E-state index < -0.39 is 18.3 Å². The molecule has 0 N–H and O–H groups in total. The lowest BCUT2D eigenvalue weighted by atomic mass is 9.78. The van der Waals surface area contributed by atoms with E-state index in [9.17, 15) is 0 Å². The van der Waals surface area contributed by atoms with Crippen molar-refractivity contribution in [1.29, 1.82) is 0 Å². The summed E-state index contributed by atoms with van der Waals surface area (Å²) in [7, 11) is -0.442. The van der Waals surface area contributed by atoms with Crippen LogP contribution in [-0.4, -0.2) is 22.9 Å². The van der Waals surface area contributed by atoms with E-state index in [1.165, 1.54) is 74.7 Å². The minimum Gasteiger partial charge on any atom is -0.399 e. The summed E-state index contributed by atoms with van der Waals surface area (Å²) in [5, 5.41) is 10.1. The van der Waals surface area contributed by atoms with Gasteiger partial charge in [-0.15, -0.1) is 11.3 Å². The fourth-order valence-electron chi connectivity index (χ4n) is 8.81. The molecule has 264 valence electrons. The molecular weight excluding hydrogens is 689 g/mol. The predicted molar refractivity (Wildman–Crippen MR) is 235 cm³/mol. The van der Waals surface area contributed by atoms with Gasteiger partial charge in [0.25, 0.3) is 0 Å². The summed E-state index contributed by atoms with van der Waals surface area (Å²) in [5.74, 6) is 0. The molecule has 55 heavy (non-hydrogen) atoms. The zero-order chi connectivity index (χ0) is 37.1. The molecule has 0 spiro atoms. The average molecular weight is 728 g/mol. The highest BCUT2D eigenvalue weighted by Gasteiger charge is 2.51. The number of para-hydroxylation sites is 1. The number of rotatable bonds is 4. The number of fused-ring (bicyclic) bond motifs is 8. The van der Waals surface area contributed by atoms with Crippen LogP contribution in [0.1, 0.15) is 27.7 Å². The monoisotopic (exact) mass is 727 g/mol. The van der Waals surface area contributed by atoms with Crippen LogP contribution in [0.25, 0.3) is 91.5 Å². The Hall–Kier alpha value is -5.72. The number of nitrogens with zero attached hydrogens (tertiary/aromatic N) is 1. The van der Waals surface area contributed by atoms with Gasteiger partial charge in [-0.25, -0.2) is 0 Å². The molecule has 1 saturated heterocycles. The van der Waals surface area contributed by atoms with Crippen molar-refractivity contribution >= 4 is 87.4 Å². The maximum absolute atomic E-state index is 6.52. The summed E-state index contributed by atoms with van der Waals surface area (Å²) in [4.78, 5) is 0. The average Bonchev–Trinajstić information content (AvgIpc) is 3.81. The highest BCUT2D eigenvalue weighted by atomic mass is 32.1. The Labute approximate surface area is 324 Å². The zero-order valence-corrected chi connectivity index (χ0v) is 32.1. The van der Waals surface area contributed by atoms with Crippen LogP contribution in [0.15, 0.2) is 158 Å². The van der Waals surface area contributed by atoms with Gasteiger partial charge in [-0.1, -0.05) is 109 Å². The summed E-state index contributed by atoms with van der Waals surface area (Å²) in [6, 6.07) is 58.1. The summed E-state index contributed by atoms with van der Waals surface area (Å²) in [6.45, 7) is 8.44. The maximum atomic E-state index is 6.52. The Kier molecular flexibility index (Phi) is 7.07. The smallest absolute Gasteiger partial charge is 0.399 e. The van der Waals surface area contributed by atoms with E-state index in [2.05, 4.69) is 190 Å². The standard InChI is InChI=1S/C50H38BNO2S/c1-49(2)50(3,4)54-51(53-49)33-24-25-35-41-28-31(22-26-43(41)52(44(35)30-33)34-14-6-5-7-15-34)47-37-17-8-10-19-39(37)48(40-20-11-9-18-38(40)47)32-23-27-46-42(29-32)36-16-12-13-21-45(36)55-46/h5-30H,1-4H3. The van der Waals surface area contributed by atoms with Gasteiger partial charge >= 0.3 is 7.12 Å². The van der Waals surface area contributed by atoms with E-state index in [1.807, 2.05) is 11.3 Å². The summed E-state index contributed by atoms with van der Waals surface area (Å²) < 4.78 is 18.1. The topological polar surface area (TPSA) is 23.4 Å². The lowest BCUT2D eigenvalue weighted by Crippen LogP contribution is -2.41. The molecule has 0 amide bonds. The van der Waals surface area contributed by atoms with E-state index in [4.69, 9.17) is 9.31 Å². The van der Waals surface area contributed by atoms with E-state index in [1.54, 1.807) is 0 Å². The molecule has 0 atom stereocenters. The molecule has 8 aromatic carbocycles. The van der Waals surface area contributed by atoms with Crippen LogP contribution in [-0.2, 0) is 9.31 Å². The second kappa shape index (κ2) is 11.9. The molecule has 0 aliphatic carbocycles. The first-order chi connectivity index (χ1) is 26.8. The molecule has 11 rings (SSSR count). The van der Waals surface area contributed by atoms with Gasteiger partial charge in [-0.05, 0) is 125 Å². The minimum absolute atomic E-state index is 0.417. The van der Waals surface area contributed by atoms with Gasteiger partial charge in [0.1, 0.15) is 0 Å². The van der Waals surface area contributed by atoms with Crippen molar-refractivity contribution in [2.24, 2.45) is 0 Å². The molecule has 3 nitrogen and oxygen atoms in total. The molecule has 0 unspecified atom stereocenters. The van der Waals surface area contributed by atoms with E-state index >= 15 is 0 Å². The number of hydrogen-bond donors (Lipinski definition) is 0. The normalized spacial score (nSPS) is 15.4. The molecule has 3 heterocycles. The van der Waals surface area contributed by atoms with Gasteiger partial charge < -0.3 is 13.9 Å². The predicted octanol–water partition coefficient (Wildman–Crippen LogP) is 13.1. The summed E-state index contributed by atoms with van der Waals surface area (Å²) in [6.07, 6.45) is 0. The number of aromatic nitrogens is 1. The number of thiophene rings is 1. The van der Waals surface area contributed by atoms with Crippen LogP contribution >= 0.6 is 11.3 Å². The van der Waals surface area contributed by atoms with Crippen molar-refractivity contribution in [3.8, 4) is 27.9 Å². The first-order valence-corrected chi connectivity index (χ1v) is 19.9. The Morgan fingerprint density at radius 2 is 0.964 bits per heavy atom. The molecular formula is C50H38BNO2S. The van der Waals surface area contributed by atoms with Crippen molar-refractivity contribution < 1.29 is 9.31 Å². The fraction of sp³-hybridized carbons (Fsp3) is 0.120. The molecule has 5 heteroatoms. The first kappa shape index (κ1) is 32.7. The maximum Gasteiger partial charge on any atom is 0.494 e. The van der Waals surface area contributed by atoms with E-state index in [0.29, 0.717) is 0 Å². The molecule has 10 aromatic rings. The van der Waals surface area contributed by atoms with Crippen LogP contribution in [0, 0.1) is 0 Å². The third-order valence-electron chi connectivity index (χ3n) is 12.2. The van der Waals surface area contributed by atoms with Crippen molar-refractivity contribution in [3.63, 3.8) is 0 Å². The van der Waals surface area contributed by atoms with Crippen molar-refractivity contribution in [1.82, 2.24) is 4.57 Å². The second-order valence-electron chi connectivity index (χ2n) is 15.9. The van der Waals surface area contributed by atoms with Gasteiger partial charge in [0.2, 0.25) is 0 Å². The SMILES string of the molecule is CC1(C)OB(c2ccc3c4cc(-c5c6ccccc6c(-c6ccc7sc8ccccc8c7c6)c6ccccc56)ccc4n(-c4ccccc4)c3c2)OC1(C)C. The van der Waals surface area contributed by atoms with Gasteiger partial charge in [0, 0.05) is 36.6 Å². The third kappa shape index (κ3) is 4.90. The van der Waals surface area contributed by atoms with Gasteiger partial charge in [0.15, 0.2) is 0 Å². The molecule has 0 bridgehead atoms. The zero-order valence-electron chi connectivity index (χ0n) is 31.3. The minimum atomic E-state index is -0.442. The van der Waals surface area contributed by atoms with Crippen molar-refractivity contribution in [3.05, 3.63) is 158 Å². The van der Waals surface area contributed by atoms with Crippen LogP contribution in [0.2, 0.25) is 0 Å². The highest BCUT2D eigenvalue weighted by molar-refractivity contribution is 7.25. The third-order valence-corrected chi connectivity index (χ3v) is 13.4. The van der Waals surface area contributed by atoms with Gasteiger partial charge in [-0.3, -0.25) is 0 Å². The second-order valence-corrected chi connectivity index (χ2v) is 17.0. The Morgan fingerprint density at radius 1 is 0.436 bits per heavy atom. The molecule has 1 fully saturated rings. The Morgan fingerprint density at radius 3 is 1.60 bits per heavy atom. The summed E-state index contributed by atoms with van der Waals surface area (Å²) in [5.41, 5.74) is 8.59.